The number of rotatable bonds is 9. The monoisotopic (exact) mass is 1170 g/mol. The molecule has 4 N–H and O–H groups in total. The minimum absolute atomic E-state index is 0.00358. The zero-order valence-corrected chi connectivity index (χ0v) is 50.6. The Hall–Kier alpha value is -3.85. The molecule has 26 unspecified atom stereocenters. The van der Waals surface area contributed by atoms with Crippen LogP contribution in [0.15, 0.2) is 71.0 Å². The molecule has 1 aromatic heterocycles. The number of hydrogen-bond acceptors (Lipinski definition) is 13. The second kappa shape index (κ2) is 18.2. The number of allylic oxidation sites excluding steroid dienone is 1. The third-order valence-electron chi connectivity index (χ3n) is 30.6. The predicted molar refractivity (Wildman–Crippen MR) is 315 cm³/mol. The molecule has 19 rings (SSSR count). The summed E-state index contributed by atoms with van der Waals surface area (Å²) in [6, 6.07) is 13.3. The molecule has 1 aromatic carbocycles. The molecule has 2 aromatic rings. The Morgan fingerprint density at radius 2 is 1.69 bits per heavy atom. The van der Waals surface area contributed by atoms with Crippen molar-refractivity contribution in [3.8, 4) is 0 Å². The van der Waals surface area contributed by atoms with Crippen molar-refractivity contribution in [2.45, 2.75) is 208 Å². The van der Waals surface area contributed by atoms with Gasteiger partial charge in [0, 0.05) is 41.3 Å². The minimum atomic E-state index is -1.47. The number of Topliss-reactive ketones (excluding diaryl/α,β-unsaturated/α-hetero) is 1. The predicted octanol–water partition coefficient (Wildman–Crippen LogP) is 10.1. The second-order valence-corrected chi connectivity index (χ2v) is 33.0. The molecular weight excluding hydrogens is 1080 g/mol. The van der Waals surface area contributed by atoms with Crippen LogP contribution in [0, 0.1) is 110 Å². The van der Waals surface area contributed by atoms with Gasteiger partial charge in [-0.05, 0) is 196 Å². The van der Waals surface area contributed by atoms with Gasteiger partial charge < -0.3 is 43.6 Å². The van der Waals surface area contributed by atoms with Gasteiger partial charge in [0.25, 0.3) is 0 Å². The van der Waals surface area contributed by atoms with Crippen LogP contribution < -0.4 is 5.32 Å². The Bertz CT molecular complexity index is 3230. The van der Waals surface area contributed by atoms with E-state index in [1.165, 1.54) is 36.8 Å². The molecule has 5 saturated heterocycles. The van der Waals surface area contributed by atoms with Gasteiger partial charge in [0.15, 0.2) is 11.9 Å². The lowest BCUT2D eigenvalue weighted by Crippen LogP contribution is -2.82. The molecule has 0 radical (unpaired) electrons. The Morgan fingerprint density at radius 1 is 0.837 bits per heavy atom. The molecule has 26 atom stereocenters. The number of nitrogens with zero attached hydrogens (tertiary/aromatic N) is 1. The summed E-state index contributed by atoms with van der Waals surface area (Å²) in [5, 5.41) is 41.5. The minimum Gasteiger partial charge on any atom is -0.469 e. The van der Waals surface area contributed by atoms with Crippen molar-refractivity contribution < 1.29 is 53.1 Å². The zero-order chi connectivity index (χ0) is 57.7. The van der Waals surface area contributed by atoms with E-state index >= 15 is 14.4 Å². The van der Waals surface area contributed by atoms with Crippen molar-refractivity contribution in [3.63, 3.8) is 0 Å². The van der Waals surface area contributed by atoms with E-state index in [9.17, 15) is 15.3 Å². The fourth-order valence-corrected chi connectivity index (χ4v) is 28.5. The number of nitrogens with one attached hydrogen (secondary N) is 1. The Kier molecular flexibility index (Phi) is 11.4. The molecule has 17 aliphatic rings. The van der Waals surface area contributed by atoms with Crippen molar-refractivity contribution in [2.75, 3.05) is 26.4 Å². The van der Waals surface area contributed by atoms with Crippen LogP contribution >= 0.6 is 0 Å². The first-order chi connectivity index (χ1) is 41.8. The van der Waals surface area contributed by atoms with Crippen LogP contribution in [-0.4, -0.2) is 106 Å². The van der Waals surface area contributed by atoms with Crippen molar-refractivity contribution in [1.29, 1.82) is 0 Å². The summed E-state index contributed by atoms with van der Waals surface area (Å²) in [5.74, 6) is -0.300. The standard InChI is InChI=1S/C73H92N2O11/c1-66-33-45-35-68-24-10-16-46(68)30-48-31-56-67(22-7-8-23-67)34-44-14-5-6-17-52(44)71(56)59-57(78)61(79)70(47-15-9-13-41(28-47)27-40-11-3-2-4-12-40,58(45)69(59)38-83-64(80)60(68)72(48,69)86-71)73(66)63(85-73)65(81)84-62(66)50-21-26-82-55(50)32-51(54(77)37-76)42-18-19-49-43(29-42)20-25-75-39-74-36-53(49)75/h2-4,11-12,20-21,25-26,31,41-47,49,51-54,56,58-63,74,76-77,79H,5-10,13-19,22-24,27-30,32-39H2,1H3. The van der Waals surface area contributed by atoms with Gasteiger partial charge in [0.1, 0.15) is 35.8 Å². The highest BCUT2D eigenvalue weighted by Gasteiger charge is 2.99. The normalized spacial score (nSPS) is 52.2. The van der Waals surface area contributed by atoms with E-state index in [2.05, 4.69) is 65.8 Å². The third-order valence-corrected chi connectivity index (χ3v) is 30.6. The van der Waals surface area contributed by atoms with E-state index in [-0.39, 0.29) is 83.6 Å². The molecule has 13 nitrogen and oxygen atoms in total. The molecule has 13 heteroatoms. The fraction of sp³-hybridized carbons (Fsp3) is 0.767. The van der Waals surface area contributed by atoms with Crippen LogP contribution in [0.3, 0.4) is 0 Å². The second-order valence-electron chi connectivity index (χ2n) is 33.0. The number of carbonyl (C=O) groups excluding carboxylic acids is 3. The molecule has 86 heavy (non-hydrogen) atoms. The van der Waals surface area contributed by atoms with Crippen molar-refractivity contribution in [3.05, 3.63) is 83.5 Å². The molecule has 5 bridgehead atoms. The number of furan rings is 1. The summed E-state index contributed by atoms with van der Waals surface area (Å²) in [6.07, 6.45) is 27.7. The highest BCUT2D eigenvalue weighted by molar-refractivity contribution is 5.94. The lowest BCUT2D eigenvalue weighted by molar-refractivity contribution is -0.301. The van der Waals surface area contributed by atoms with Gasteiger partial charge in [-0.3, -0.25) is 14.9 Å². The number of epoxide rings is 1. The maximum atomic E-state index is 17.9. The van der Waals surface area contributed by atoms with Crippen molar-refractivity contribution >= 4 is 17.7 Å². The number of ketones is 1. The molecule has 10 saturated carbocycles. The highest BCUT2D eigenvalue weighted by Crippen LogP contribution is 2.92. The SMILES string of the molecule is CC12CC3CC45CCCC4CC4=CC6C7(CCCC7)CC7CCCCC7C67OC46C5C(=O)OCC64C7C(=O)C(O)C(C5CCCC(Cc6ccccc6)C5)(C34)C13OC3C(=O)OC2c1ccoc1CC(C(O)CO)C1CCC2C(C=CN3CNCC23)C1. The van der Waals surface area contributed by atoms with E-state index < -0.39 is 80.7 Å². The number of hydrogen-bond donors (Lipinski definition) is 4. The van der Waals surface area contributed by atoms with Gasteiger partial charge >= 0.3 is 11.9 Å². The number of fused-ring (bicyclic) bond motifs is 5. The summed E-state index contributed by atoms with van der Waals surface area (Å²) in [7, 11) is 0. The molecule has 8 heterocycles. The van der Waals surface area contributed by atoms with Crippen LogP contribution in [0.2, 0.25) is 0 Å². The first-order valence-electron chi connectivity index (χ1n) is 35.1. The maximum absolute atomic E-state index is 17.9. The van der Waals surface area contributed by atoms with E-state index in [4.69, 9.17) is 23.4 Å². The van der Waals surface area contributed by atoms with E-state index in [0.29, 0.717) is 42.4 Å². The lowest BCUT2D eigenvalue weighted by atomic mass is 9.29. The van der Waals surface area contributed by atoms with Crippen LogP contribution in [-0.2, 0) is 46.2 Å². The fourth-order valence-electron chi connectivity index (χ4n) is 28.5. The van der Waals surface area contributed by atoms with Crippen LogP contribution in [0.4, 0.5) is 0 Å². The van der Waals surface area contributed by atoms with Crippen molar-refractivity contribution in [2.24, 2.45) is 110 Å². The van der Waals surface area contributed by atoms with E-state index in [1.807, 2.05) is 6.07 Å². The number of aliphatic hydroxyl groups is 3. The van der Waals surface area contributed by atoms with E-state index in [0.717, 1.165) is 134 Å². The molecule has 6 spiro atoms. The molecule has 0 amide bonds. The summed E-state index contributed by atoms with van der Waals surface area (Å²) < 4.78 is 37.5. The van der Waals surface area contributed by atoms with Gasteiger partial charge in [-0.1, -0.05) is 101 Å². The van der Waals surface area contributed by atoms with Crippen LogP contribution in [0.5, 0.6) is 0 Å². The summed E-state index contributed by atoms with van der Waals surface area (Å²) >= 11 is 0. The Balaban J connectivity index is 0.813. The maximum Gasteiger partial charge on any atom is 0.339 e. The third kappa shape index (κ3) is 6.22. The number of carbonyl (C=O) groups is 3. The number of benzene rings is 1. The molecule has 15 fully saturated rings. The Labute approximate surface area is 506 Å². The number of aliphatic hydroxyl groups excluding tert-OH is 3. The zero-order valence-electron chi connectivity index (χ0n) is 50.6. The summed E-state index contributed by atoms with van der Waals surface area (Å²) in [6.45, 7) is 3.88. The molecule has 460 valence electrons. The average molecular weight is 1170 g/mol. The summed E-state index contributed by atoms with van der Waals surface area (Å²) in [5.41, 5.74) is -3.76. The molecule has 7 aliphatic heterocycles. The first kappa shape index (κ1) is 53.9. The van der Waals surface area contributed by atoms with Gasteiger partial charge in [-0.25, -0.2) is 4.79 Å². The molecular formula is C73H92N2O11. The highest BCUT2D eigenvalue weighted by atomic mass is 16.7. The lowest BCUT2D eigenvalue weighted by Gasteiger charge is -2.73. The number of ether oxygens (including phenoxy) is 4. The van der Waals surface area contributed by atoms with E-state index in [1.54, 1.807) is 6.26 Å². The number of cyclic esters (lactones) is 2. The molecule has 10 aliphatic carbocycles. The topological polar surface area (TPSA) is 181 Å². The summed E-state index contributed by atoms with van der Waals surface area (Å²) in [4.78, 5) is 52.1. The average Bonchev–Trinajstić information content (AvgIpc) is 1.41. The smallest absolute Gasteiger partial charge is 0.339 e. The van der Waals surface area contributed by atoms with Gasteiger partial charge in [-0.15, -0.1) is 0 Å². The van der Waals surface area contributed by atoms with Crippen LogP contribution in [0.25, 0.3) is 0 Å². The van der Waals surface area contributed by atoms with Gasteiger partial charge in [0.05, 0.1) is 48.5 Å². The van der Waals surface area contributed by atoms with Gasteiger partial charge in [-0.2, -0.15) is 0 Å². The Morgan fingerprint density at radius 3 is 2.55 bits per heavy atom. The van der Waals surface area contributed by atoms with Gasteiger partial charge in [0.2, 0.25) is 0 Å². The van der Waals surface area contributed by atoms with Crippen LogP contribution in [0.1, 0.15) is 171 Å². The first-order valence-corrected chi connectivity index (χ1v) is 35.1. The largest absolute Gasteiger partial charge is 0.469 e. The quantitative estimate of drug-likeness (QED) is 0.106. The van der Waals surface area contributed by atoms with Crippen molar-refractivity contribution in [1.82, 2.24) is 10.2 Å². The number of esters is 2.